The average molecular weight is 246 g/mol. The first kappa shape index (κ1) is 17.0. The lowest BCUT2D eigenvalue weighted by Gasteiger charge is -2.37. The highest BCUT2D eigenvalue weighted by Crippen LogP contribution is 2.41. The van der Waals surface area contributed by atoms with Gasteiger partial charge in [0.1, 0.15) is 0 Å². The van der Waals surface area contributed by atoms with Gasteiger partial charge in [0.05, 0.1) is 0 Å². The molecular weight excluding hydrogens is 216 g/mol. The molecule has 0 aromatic heterocycles. The lowest BCUT2D eigenvalue weighted by Crippen LogP contribution is -2.29. The number of hydrogen-bond donors (Lipinski definition) is 0. The van der Waals surface area contributed by atoms with Gasteiger partial charge in [-0.2, -0.15) is 0 Å². The van der Waals surface area contributed by atoms with Gasteiger partial charge in [-0.15, -0.1) is 0 Å². The summed E-state index contributed by atoms with van der Waals surface area (Å²) in [5.74, 6) is 1.63. The van der Waals surface area contributed by atoms with E-state index in [-0.39, 0.29) is 0 Å². The summed E-state index contributed by atoms with van der Waals surface area (Å²) in [7, 11) is 0. The molecule has 0 saturated heterocycles. The molecule has 0 aromatic rings. The Hall–Kier alpha value is -1.04. The summed E-state index contributed by atoms with van der Waals surface area (Å²) in [5.41, 5.74) is 4.85. The van der Waals surface area contributed by atoms with E-state index in [4.69, 9.17) is 0 Å². The van der Waals surface area contributed by atoms with Crippen LogP contribution in [-0.2, 0) is 0 Å². The van der Waals surface area contributed by atoms with Crippen molar-refractivity contribution in [2.75, 3.05) is 0 Å². The fraction of sp³-hybridized carbons (Fsp3) is 0.556. The maximum atomic E-state index is 4.19. The summed E-state index contributed by atoms with van der Waals surface area (Å²) in [5, 5.41) is 0. The van der Waals surface area contributed by atoms with Crippen LogP contribution in [0.5, 0.6) is 0 Å². The molecule has 0 bridgehead atoms. The summed E-state index contributed by atoms with van der Waals surface area (Å²) in [4.78, 5) is 0. The van der Waals surface area contributed by atoms with Crippen molar-refractivity contribution in [1.82, 2.24) is 0 Å². The van der Waals surface area contributed by atoms with E-state index in [9.17, 15) is 0 Å². The van der Waals surface area contributed by atoms with E-state index in [1.165, 1.54) is 22.3 Å². The standard InChI is InChI=1S/C18H30/c1-11(2)15(9)17(13(5)6)18(14(7)8)16(10)12(3)4/h15-18H,1,3,5,7H2,2,4,6,8-10H3. The van der Waals surface area contributed by atoms with Crippen LogP contribution >= 0.6 is 0 Å². The Kier molecular flexibility index (Phi) is 6.38. The Morgan fingerprint density at radius 1 is 0.556 bits per heavy atom. The Bertz CT molecular complexity index is 320. The molecule has 0 rings (SSSR count). The van der Waals surface area contributed by atoms with Crippen molar-refractivity contribution < 1.29 is 0 Å². The highest BCUT2D eigenvalue weighted by atomic mass is 14.4. The van der Waals surface area contributed by atoms with E-state index in [1.807, 2.05) is 0 Å². The number of allylic oxidation sites excluding steroid dienone is 4. The third kappa shape index (κ3) is 4.01. The molecular formula is C18H30. The molecule has 4 atom stereocenters. The number of rotatable bonds is 7. The van der Waals surface area contributed by atoms with E-state index in [1.54, 1.807) is 0 Å². The third-order valence-electron chi connectivity index (χ3n) is 4.16. The molecule has 0 spiro atoms. The molecule has 0 saturated carbocycles. The van der Waals surface area contributed by atoms with E-state index >= 15 is 0 Å². The zero-order valence-electron chi connectivity index (χ0n) is 13.1. The van der Waals surface area contributed by atoms with Gasteiger partial charge in [0.15, 0.2) is 0 Å². The lowest BCUT2D eigenvalue weighted by molar-refractivity contribution is 0.290. The van der Waals surface area contributed by atoms with E-state index in [0.29, 0.717) is 23.7 Å². The molecule has 0 nitrogen and oxygen atoms in total. The molecule has 0 N–H and O–H groups in total. The molecule has 0 aliphatic carbocycles. The second-order valence-electron chi connectivity index (χ2n) is 6.01. The normalized spacial score (nSPS) is 17.4. The SMILES string of the molecule is C=C(C)C(C)C(C(=C)C)C(C(=C)C)C(C)C(=C)C. The van der Waals surface area contributed by atoms with Crippen LogP contribution in [-0.4, -0.2) is 0 Å². The third-order valence-corrected chi connectivity index (χ3v) is 4.16. The fourth-order valence-corrected chi connectivity index (χ4v) is 2.70. The first-order chi connectivity index (χ1) is 8.11. The lowest BCUT2D eigenvalue weighted by atomic mass is 9.67. The van der Waals surface area contributed by atoms with Crippen molar-refractivity contribution in [3.8, 4) is 0 Å². The van der Waals surface area contributed by atoms with Gasteiger partial charge >= 0.3 is 0 Å². The smallest absolute Gasteiger partial charge is 0.00748 e. The van der Waals surface area contributed by atoms with Crippen molar-refractivity contribution in [3.05, 3.63) is 48.6 Å². The summed E-state index contributed by atoms with van der Waals surface area (Å²) < 4.78 is 0. The Morgan fingerprint density at radius 2 is 0.778 bits per heavy atom. The van der Waals surface area contributed by atoms with Crippen molar-refractivity contribution in [1.29, 1.82) is 0 Å². The van der Waals surface area contributed by atoms with Crippen LogP contribution in [0.1, 0.15) is 41.5 Å². The molecule has 0 fully saturated rings. The first-order valence-electron chi connectivity index (χ1n) is 6.72. The molecule has 0 aliphatic rings. The summed E-state index contributed by atoms with van der Waals surface area (Å²) in [6.45, 7) is 29.5. The molecule has 102 valence electrons. The quantitative estimate of drug-likeness (QED) is 0.498. The molecule has 18 heavy (non-hydrogen) atoms. The minimum absolute atomic E-state index is 0.395. The van der Waals surface area contributed by atoms with Gasteiger partial charge in [-0.25, -0.2) is 0 Å². The van der Waals surface area contributed by atoms with Crippen LogP contribution in [0.3, 0.4) is 0 Å². The predicted molar refractivity (Wildman–Crippen MR) is 84.6 cm³/mol. The van der Waals surface area contributed by atoms with Crippen LogP contribution in [0, 0.1) is 23.7 Å². The van der Waals surface area contributed by atoms with Gasteiger partial charge in [-0.05, 0) is 51.4 Å². The monoisotopic (exact) mass is 246 g/mol. The molecule has 0 aliphatic heterocycles. The summed E-state index contributed by atoms with van der Waals surface area (Å²) >= 11 is 0. The van der Waals surface area contributed by atoms with Crippen molar-refractivity contribution in [3.63, 3.8) is 0 Å². The zero-order valence-corrected chi connectivity index (χ0v) is 13.1. The van der Waals surface area contributed by atoms with Crippen LogP contribution < -0.4 is 0 Å². The topological polar surface area (TPSA) is 0 Å². The highest BCUT2D eigenvalue weighted by Gasteiger charge is 2.32. The second kappa shape index (κ2) is 6.78. The molecule has 4 unspecified atom stereocenters. The van der Waals surface area contributed by atoms with Crippen LogP contribution in [0.4, 0.5) is 0 Å². The highest BCUT2D eigenvalue weighted by molar-refractivity contribution is 5.19. The Morgan fingerprint density at radius 3 is 0.889 bits per heavy atom. The molecule has 0 aromatic carbocycles. The maximum Gasteiger partial charge on any atom is -0.00748 e. The average Bonchev–Trinajstić information content (AvgIpc) is 2.22. The van der Waals surface area contributed by atoms with Gasteiger partial charge in [0.2, 0.25) is 0 Å². The minimum Gasteiger partial charge on any atom is -0.0998 e. The second-order valence-corrected chi connectivity index (χ2v) is 6.01. The van der Waals surface area contributed by atoms with Crippen LogP contribution in [0.15, 0.2) is 48.6 Å². The van der Waals surface area contributed by atoms with E-state index < -0.39 is 0 Å². The van der Waals surface area contributed by atoms with Crippen molar-refractivity contribution in [2.45, 2.75) is 41.5 Å². The molecule has 0 amide bonds. The van der Waals surface area contributed by atoms with E-state index in [0.717, 1.165) is 0 Å². The first-order valence-corrected chi connectivity index (χ1v) is 6.72. The van der Waals surface area contributed by atoms with Gasteiger partial charge < -0.3 is 0 Å². The molecule has 0 heterocycles. The van der Waals surface area contributed by atoms with Crippen molar-refractivity contribution in [2.24, 2.45) is 23.7 Å². The minimum atomic E-state index is 0.395. The summed E-state index contributed by atoms with van der Waals surface area (Å²) in [6.07, 6.45) is 0. The van der Waals surface area contributed by atoms with Gasteiger partial charge in [-0.3, -0.25) is 0 Å². The maximum absolute atomic E-state index is 4.19. The number of hydrogen-bond acceptors (Lipinski definition) is 0. The Balaban J connectivity index is 5.52. The summed E-state index contributed by atoms with van der Waals surface area (Å²) in [6, 6.07) is 0. The predicted octanol–water partition coefficient (Wildman–Crippen LogP) is 5.80. The Labute approximate surface area is 114 Å². The van der Waals surface area contributed by atoms with Gasteiger partial charge in [0, 0.05) is 0 Å². The van der Waals surface area contributed by atoms with Crippen LogP contribution in [0.25, 0.3) is 0 Å². The zero-order chi connectivity index (χ0) is 14.6. The van der Waals surface area contributed by atoms with Crippen LogP contribution in [0.2, 0.25) is 0 Å². The van der Waals surface area contributed by atoms with E-state index in [2.05, 4.69) is 67.9 Å². The largest absolute Gasteiger partial charge is 0.0998 e. The van der Waals surface area contributed by atoms with Crippen molar-refractivity contribution >= 4 is 0 Å². The van der Waals surface area contributed by atoms with Gasteiger partial charge in [0.25, 0.3) is 0 Å². The fourth-order valence-electron chi connectivity index (χ4n) is 2.70. The van der Waals surface area contributed by atoms with Gasteiger partial charge in [-0.1, -0.05) is 62.5 Å². The molecule has 0 radical (unpaired) electrons. The molecule has 0 heteroatoms.